The predicted octanol–water partition coefficient (Wildman–Crippen LogP) is 3.21. The molecule has 2 N–H and O–H groups in total. The molecule has 0 bridgehead atoms. The van der Waals surface area contributed by atoms with Crippen molar-refractivity contribution in [1.29, 1.82) is 0 Å². The summed E-state index contributed by atoms with van der Waals surface area (Å²) >= 11 is 5.92. The Labute approximate surface area is 145 Å². The molecular weight excluding hydrogens is 330 g/mol. The van der Waals surface area contributed by atoms with Gasteiger partial charge in [0.1, 0.15) is 0 Å². The van der Waals surface area contributed by atoms with Gasteiger partial charge in [-0.1, -0.05) is 18.5 Å². The molecule has 0 saturated heterocycles. The van der Waals surface area contributed by atoms with Crippen molar-refractivity contribution in [3.8, 4) is 0 Å². The molecule has 0 aliphatic rings. The van der Waals surface area contributed by atoms with E-state index in [1.807, 2.05) is 27.8 Å². The standard InChI is InChI=1S/C17H20ClN3O3/c1-9(7-14-10(2)20-21(4)11(14)3)16(22)19-12-5-6-13(17(23)24)15(18)8-12/h5-6,8-9H,7H2,1-4H3,(H,19,22)(H,23,24). The van der Waals surface area contributed by atoms with Crippen molar-refractivity contribution in [2.75, 3.05) is 5.32 Å². The van der Waals surface area contributed by atoms with Gasteiger partial charge in [-0.15, -0.1) is 0 Å². The normalized spacial score (nSPS) is 12.0. The van der Waals surface area contributed by atoms with Gasteiger partial charge < -0.3 is 10.4 Å². The number of hydrogen-bond acceptors (Lipinski definition) is 3. The summed E-state index contributed by atoms with van der Waals surface area (Å²) in [6, 6.07) is 4.34. The van der Waals surface area contributed by atoms with E-state index in [9.17, 15) is 9.59 Å². The summed E-state index contributed by atoms with van der Waals surface area (Å²) < 4.78 is 1.81. The summed E-state index contributed by atoms with van der Waals surface area (Å²) in [5, 5.41) is 16.2. The van der Waals surface area contributed by atoms with E-state index in [-0.39, 0.29) is 22.4 Å². The first-order valence-electron chi connectivity index (χ1n) is 7.53. The smallest absolute Gasteiger partial charge is 0.337 e. The van der Waals surface area contributed by atoms with Crippen molar-refractivity contribution in [3.05, 3.63) is 45.7 Å². The highest BCUT2D eigenvalue weighted by atomic mass is 35.5. The molecule has 0 radical (unpaired) electrons. The van der Waals surface area contributed by atoms with Crippen molar-refractivity contribution < 1.29 is 14.7 Å². The number of carbonyl (C=O) groups excluding carboxylic acids is 1. The SMILES string of the molecule is Cc1nn(C)c(C)c1CC(C)C(=O)Nc1ccc(C(=O)O)c(Cl)c1. The molecule has 0 aliphatic carbocycles. The molecule has 1 amide bonds. The van der Waals surface area contributed by atoms with Crippen molar-refractivity contribution >= 4 is 29.2 Å². The number of benzene rings is 1. The average molecular weight is 350 g/mol. The molecule has 128 valence electrons. The van der Waals surface area contributed by atoms with E-state index in [0.29, 0.717) is 12.1 Å². The third kappa shape index (κ3) is 3.76. The predicted molar refractivity (Wildman–Crippen MR) is 92.6 cm³/mol. The molecule has 1 unspecified atom stereocenters. The average Bonchev–Trinajstić information content (AvgIpc) is 2.73. The Hall–Kier alpha value is -2.34. The van der Waals surface area contributed by atoms with Gasteiger partial charge >= 0.3 is 5.97 Å². The summed E-state index contributed by atoms with van der Waals surface area (Å²) in [6.45, 7) is 5.75. The summed E-state index contributed by atoms with van der Waals surface area (Å²) in [5.41, 5.74) is 3.51. The number of anilines is 1. The van der Waals surface area contributed by atoms with Crippen molar-refractivity contribution in [3.63, 3.8) is 0 Å². The number of aryl methyl sites for hydroxylation is 2. The van der Waals surface area contributed by atoms with Crippen molar-refractivity contribution in [2.24, 2.45) is 13.0 Å². The Morgan fingerprint density at radius 3 is 2.54 bits per heavy atom. The first-order chi connectivity index (χ1) is 11.2. The number of rotatable bonds is 5. The van der Waals surface area contributed by atoms with Gasteiger partial charge in [0.15, 0.2) is 0 Å². The minimum Gasteiger partial charge on any atom is -0.478 e. The maximum atomic E-state index is 12.4. The number of hydrogen-bond donors (Lipinski definition) is 2. The van der Waals surface area contributed by atoms with Gasteiger partial charge in [0.05, 0.1) is 16.3 Å². The van der Waals surface area contributed by atoms with Crippen LogP contribution < -0.4 is 5.32 Å². The van der Waals surface area contributed by atoms with Crippen LogP contribution in [0.15, 0.2) is 18.2 Å². The lowest BCUT2D eigenvalue weighted by molar-refractivity contribution is -0.119. The van der Waals surface area contributed by atoms with E-state index in [4.69, 9.17) is 16.7 Å². The molecular formula is C17H20ClN3O3. The molecule has 0 saturated carbocycles. The third-order valence-corrected chi connectivity index (χ3v) is 4.40. The van der Waals surface area contributed by atoms with Crippen LogP contribution in [0, 0.1) is 19.8 Å². The van der Waals surface area contributed by atoms with Gasteiger partial charge in [0, 0.05) is 24.3 Å². The number of nitrogens with zero attached hydrogens (tertiary/aromatic N) is 2. The minimum atomic E-state index is -1.10. The summed E-state index contributed by atoms with van der Waals surface area (Å²) in [5.74, 6) is -1.52. The van der Waals surface area contributed by atoms with Crippen LogP contribution in [0.5, 0.6) is 0 Å². The number of aromatic carboxylic acids is 1. The molecule has 0 fully saturated rings. The number of amides is 1. The molecule has 0 spiro atoms. The lowest BCUT2D eigenvalue weighted by Gasteiger charge is -2.13. The Kier molecular flexibility index (Phi) is 5.29. The molecule has 1 heterocycles. The zero-order valence-electron chi connectivity index (χ0n) is 14.1. The van der Waals surface area contributed by atoms with E-state index in [2.05, 4.69) is 10.4 Å². The zero-order chi connectivity index (χ0) is 18.0. The fraction of sp³-hybridized carbons (Fsp3) is 0.353. The van der Waals surface area contributed by atoms with Crippen molar-refractivity contribution in [1.82, 2.24) is 9.78 Å². The van der Waals surface area contributed by atoms with Crippen LogP contribution in [0.3, 0.4) is 0 Å². The molecule has 1 aromatic carbocycles. The second-order valence-corrected chi connectivity index (χ2v) is 6.27. The second kappa shape index (κ2) is 7.05. The van der Waals surface area contributed by atoms with Crippen LogP contribution in [0.4, 0.5) is 5.69 Å². The Morgan fingerprint density at radius 2 is 2.04 bits per heavy atom. The maximum Gasteiger partial charge on any atom is 0.337 e. The summed E-state index contributed by atoms with van der Waals surface area (Å²) in [4.78, 5) is 23.3. The lowest BCUT2D eigenvalue weighted by Crippen LogP contribution is -2.22. The number of halogens is 1. The fourth-order valence-electron chi connectivity index (χ4n) is 2.54. The van der Waals surface area contributed by atoms with E-state index >= 15 is 0 Å². The zero-order valence-corrected chi connectivity index (χ0v) is 14.8. The number of aromatic nitrogens is 2. The van der Waals surface area contributed by atoms with Crippen LogP contribution >= 0.6 is 11.6 Å². The topological polar surface area (TPSA) is 84.2 Å². The number of nitrogens with one attached hydrogen (secondary N) is 1. The number of carboxylic acid groups (broad SMARTS) is 1. The summed E-state index contributed by atoms with van der Waals surface area (Å²) in [7, 11) is 1.88. The van der Waals surface area contributed by atoms with E-state index in [0.717, 1.165) is 17.0 Å². The highest BCUT2D eigenvalue weighted by Gasteiger charge is 2.19. The van der Waals surface area contributed by atoms with Crippen LogP contribution in [0.25, 0.3) is 0 Å². The van der Waals surface area contributed by atoms with Crippen LogP contribution in [-0.4, -0.2) is 26.8 Å². The van der Waals surface area contributed by atoms with Gasteiger partial charge in [0.2, 0.25) is 5.91 Å². The number of carboxylic acids is 1. The van der Waals surface area contributed by atoms with E-state index in [1.54, 1.807) is 4.68 Å². The molecule has 24 heavy (non-hydrogen) atoms. The molecule has 6 nitrogen and oxygen atoms in total. The number of carbonyl (C=O) groups is 2. The largest absolute Gasteiger partial charge is 0.478 e. The fourth-order valence-corrected chi connectivity index (χ4v) is 2.80. The molecule has 2 rings (SSSR count). The van der Waals surface area contributed by atoms with Crippen LogP contribution in [-0.2, 0) is 18.3 Å². The van der Waals surface area contributed by atoms with Gasteiger partial charge in [-0.3, -0.25) is 9.48 Å². The molecule has 0 aliphatic heterocycles. The lowest BCUT2D eigenvalue weighted by atomic mass is 9.98. The highest BCUT2D eigenvalue weighted by molar-refractivity contribution is 6.33. The molecule has 7 heteroatoms. The van der Waals surface area contributed by atoms with E-state index in [1.165, 1.54) is 18.2 Å². The summed E-state index contributed by atoms with van der Waals surface area (Å²) in [6.07, 6.45) is 0.582. The van der Waals surface area contributed by atoms with Gasteiger partial charge in [0.25, 0.3) is 0 Å². The van der Waals surface area contributed by atoms with Crippen LogP contribution in [0.2, 0.25) is 5.02 Å². The second-order valence-electron chi connectivity index (χ2n) is 5.87. The van der Waals surface area contributed by atoms with Gasteiger partial charge in [-0.05, 0) is 44.0 Å². The Bertz CT molecular complexity index is 799. The van der Waals surface area contributed by atoms with E-state index < -0.39 is 5.97 Å². The monoisotopic (exact) mass is 349 g/mol. The maximum absolute atomic E-state index is 12.4. The first kappa shape index (κ1) is 18.0. The highest BCUT2D eigenvalue weighted by Crippen LogP contribution is 2.22. The molecule has 1 aromatic heterocycles. The minimum absolute atomic E-state index is 0.00400. The van der Waals surface area contributed by atoms with Crippen molar-refractivity contribution in [2.45, 2.75) is 27.2 Å². The first-order valence-corrected chi connectivity index (χ1v) is 7.91. The van der Waals surface area contributed by atoms with Crippen LogP contribution in [0.1, 0.15) is 34.2 Å². The third-order valence-electron chi connectivity index (χ3n) is 4.08. The quantitative estimate of drug-likeness (QED) is 0.868. The Balaban J connectivity index is 2.09. The Morgan fingerprint density at radius 1 is 1.38 bits per heavy atom. The van der Waals surface area contributed by atoms with Gasteiger partial charge in [-0.2, -0.15) is 5.10 Å². The van der Waals surface area contributed by atoms with Gasteiger partial charge in [-0.25, -0.2) is 4.79 Å². The molecule has 1 atom stereocenters. The molecule has 2 aromatic rings.